The number of amides is 1. The lowest BCUT2D eigenvalue weighted by Gasteiger charge is -2.21. The van der Waals surface area contributed by atoms with Gasteiger partial charge in [-0.25, -0.2) is 0 Å². The highest BCUT2D eigenvalue weighted by Crippen LogP contribution is 2.06. The van der Waals surface area contributed by atoms with Gasteiger partial charge in [-0.3, -0.25) is 4.79 Å². The number of carbonyl (C=O) groups is 1. The molecule has 11 heavy (non-hydrogen) atoms. The van der Waals surface area contributed by atoms with E-state index in [-0.39, 0.29) is 16.3 Å². The molecule has 1 amide bonds. The number of nitrogens with one attached hydrogen (secondary N) is 1. The number of alkyl halides is 2. The van der Waals surface area contributed by atoms with Crippen LogP contribution in [0.4, 0.5) is 0 Å². The summed E-state index contributed by atoms with van der Waals surface area (Å²) in [4.78, 5) is 11.1. The zero-order valence-electron chi connectivity index (χ0n) is 6.95. The number of rotatable bonds is 2. The Hall–Kier alpha value is 0.430. The first-order valence-electron chi connectivity index (χ1n) is 3.39. The predicted molar refractivity (Wildman–Crippen MR) is 54.4 cm³/mol. The number of hydrogen-bond donors (Lipinski definition) is 1. The molecule has 0 spiro atoms. The molecule has 0 rings (SSSR count). The van der Waals surface area contributed by atoms with Crippen molar-refractivity contribution < 1.29 is 4.79 Å². The Morgan fingerprint density at radius 2 is 2.00 bits per heavy atom. The van der Waals surface area contributed by atoms with Crippen LogP contribution in [0, 0.1) is 0 Å². The molecule has 0 unspecified atom stereocenters. The topological polar surface area (TPSA) is 29.1 Å². The molecule has 1 atom stereocenters. The number of carbonyl (C=O) groups excluding carboxylic acids is 1. The lowest BCUT2D eigenvalue weighted by molar-refractivity contribution is -0.121. The Morgan fingerprint density at radius 3 is 2.27 bits per heavy atom. The molecule has 0 aromatic carbocycles. The van der Waals surface area contributed by atoms with Crippen LogP contribution in [0.3, 0.4) is 0 Å². The van der Waals surface area contributed by atoms with E-state index in [1.807, 2.05) is 20.8 Å². The monoisotopic (exact) mass is 285 g/mol. The summed E-state index contributed by atoms with van der Waals surface area (Å²) in [7, 11) is 0. The Balaban J connectivity index is 3.88. The summed E-state index contributed by atoms with van der Waals surface area (Å²) < 4.78 is 0. The molecule has 1 N–H and O–H groups in total. The fourth-order valence-electron chi connectivity index (χ4n) is 0.518. The number of halogens is 2. The van der Waals surface area contributed by atoms with Crippen molar-refractivity contribution in [2.75, 3.05) is 5.33 Å². The molecule has 0 saturated heterocycles. The fourth-order valence-corrected chi connectivity index (χ4v) is 0.926. The van der Waals surface area contributed by atoms with Gasteiger partial charge in [0.05, 0.1) is 0 Å². The van der Waals surface area contributed by atoms with E-state index in [0.717, 1.165) is 0 Å². The van der Waals surface area contributed by atoms with Crippen molar-refractivity contribution in [1.29, 1.82) is 0 Å². The van der Waals surface area contributed by atoms with E-state index < -0.39 is 0 Å². The summed E-state index contributed by atoms with van der Waals surface area (Å²) >= 11 is 6.45. The second-order valence-corrected chi connectivity index (χ2v) is 5.11. The molecular formula is C7H13Br2NO. The van der Waals surface area contributed by atoms with Gasteiger partial charge in [-0.15, -0.1) is 0 Å². The molecule has 0 saturated carbocycles. The molecule has 0 bridgehead atoms. The molecule has 2 nitrogen and oxygen atoms in total. The third-order valence-electron chi connectivity index (χ3n) is 0.918. The average Bonchev–Trinajstić information content (AvgIpc) is 1.82. The summed E-state index contributed by atoms with van der Waals surface area (Å²) in [5, 5.41) is 3.49. The highest BCUT2D eigenvalue weighted by atomic mass is 79.9. The van der Waals surface area contributed by atoms with Crippen molar-refractivity contribution in [2.45, 2.75) is 31.1 Å². The molecule has 0 aliphatic carbocycles. The Labute approximate surface area is 84.4 Å². The van der Waals surface area contributed by atoms with E-state index in [1.165, 1.54) is 0 Å². The molecule has 0 heterocycles. The second kappa shape index (κ2) is 4.45. The molecule has 0 aliphatic rings. The van der Waals surface area contributed by atoms with Gasteiger partial charge in [-0.2, -0.15) is 0 Å². The van der Waals surface area contributed by atoms with Crippen LogP contribution in [-0.4, -0.2) is 21.6 Å². The second-order valence-electron chi connectivity index (χ2n) is 3.36. The minimum atomic E-state index is -0.148. The minimum absolute atomic E-state index is 0.0226. The van der Waals surface area contributed by atoms with Gasteiger partial charge in [0.1, 0.15) is 4.83 Å². The quantitative estimate of drug-likeness (QED) is 0.774. The van der Waals surface area contributed by atoms with Crippen molar-refractivity contribution in [3.63, 3.8) is 0 Å². The summed E-state index contributed by atoms with van der Waals surface area (Å²) in [5.41, 5.74) is -0.148. The Kier molecular flexibility index (Phi) is 4.63. The molecular weight excluding hydrogens is 274 g/mol. The summed E-state index contributed by atoms with van der Waals surface area (Å²) in [6, 6.07) is 0. The highest BCUT2D eigenvalue weighted by Gasteiger charge is 2.18. The molecule has 66 valence electrons. The smallest absolute Gasteiger partial charge is 0.235 e. The van der Waals surface area contributed by atoms with E-state index in [1.54, 1.807) is 0 Å². The van der Waals surface area contributed by atoms with E-state index in [4.69, 9.17) is 0 Å². The highest BCUT2D eigenvalue weighted by molar-refractivity contribution is 9.12. The maximum atomic E-state index is 11.2. The van der Waals surface area contributed by atoms with Crippen LogP contribution >= 0.6 is 31.9 Å². The third-order valence-corrected chi connectivity index (χ3v) is 3.17. The summed E-state index contributed by atoms with van der Waals surface area (Å²) in [6.45, 7) is 5.87. The van der Waals surface area contributed by atoms with E-state index >= 15 is 0 Å². The first-order chi connectivity index (χ1) is 4.87. The van der Waals surface area contributed by atoms with Gasteiger partial charge in [0, 0.05) is 10.9 Å². The van der Waals surface area contributed by atoms with Crippen molar-refractivity contribution in [1.82, 2.24) is 5.32 Å². The van der Waals surface area contributed by atoms with Crippen molar-refractivity contribution >= 4 is 37.8 Å². The van der Waals surface area contributed by atoms with Gasteiger partial charge in [0.2, 0.25) is 5.91 Å². The summed E-state index contributed by atoms with van der Waals surface area (Å²) in [5.74, 6) is 0.0226. The normalized spacial score (nSPS) is 14.3. The van der Waals surface area contributed by atoms with Crippen LogP contribution in [-0.2, 0) is 4.79 Å². The predicted octanol–water partition coefficient (Wildman–Crippen LogP) is 2.06. The van der Waals surface area contributed by atoms with Crippen LogP contribution in [0.15, 0.2) is 0 Å². The van der Waals surface area contributed by atoms with Gasteiger partial charge in [0.25, 0.3) is 0 Å². The Morgan fingerprint density at radius 1 is 1.55 bits per heavy atom. The van der Waals surface area contributed by atoms with Crippen molar-refractivity contribution in [2.24, 2.45) is 0 Å². The maximum absolute atomic E-state index is 11.2. The lowest BCUT2D eigenvalue weighted by Crippen LogP contribution is -2.44. The van der Waals surface area contributed by atoms with Crippen LogP contribution in [0.1, 0.15) is 20.8 Å². The molecule has 0 radical (unpaired) electrons. The van der Waals surface area contributed by atoms with Crippen LogP contribution in [0.5, 0.6) is 0 Å². The van der Waals surface area contributed by atoms with Crippen LogP contribution in [0.25, 0.3) is 0 Å². The molecule has 0 aromatic rings. The van der Waals surface area contributed by atoms with Gasteiger partial charge in [-0.05, 0) is 20.8 Å². The van der Waals surface area contributed by atoms with Gasteiger partial charge >= 0.3 is 0 Å². The first kappa shape index (κ1) is 11.4. The number of hydrogen-bond acceptors (Lipinski definition) is 1. The average molecular weight is 287 g/mol. The van der Waals surface area contributed by atoms with Crippen molar-refractivity contribution in [3.05, 3.63) is 0 Å². The van der Waals surface area contributed by atoms with E-state index in [0.29, 0.717) is 5.33 Å². The first-order valence-corrected chi connectivity index (χ1v) is 5.42. The zero-order chi connectivity index (χ0) is 9.07. The lowest BCUT2D eigenvalue weighted by atomic mass is 10.1. The van der Waals surface area contributed by atoms with Gasteiger partial charge in [0.15, 0.2) is 0 Å². The third kappa shape index (κ3) is 5.67. The fraction of sp³-hybridized carbons (Fsp3) is 0.857. The SMILES string of the molecule is CC(C)(C)NC(=O)[C@H](Br)CBr. The standard InChI is InChI=1S/C7H13Br2NO/c1-7(2,3)10-6(11)5(9)4-8/h5H,4H2,1-3H3,(H,10,11)/t5-/m1/s1. The van der Waals surface area contributed by atoms with E-state index in [2.05, 4.69) is 37.2 Å². The minimum Gasteiger partial charge on any atom is -0.351 e. The Bertz CT molecular complexity index is 142. The maximum Gasteiger partial charge on any atom is 0.235 e. The van der Waals surface area contributed by atoms with Crippen LogP contribution < -0.4 is 5.32 Å². The zero-order valence-corrected chi connectivity index (χ0v) is 10.1. The summed E-state index contributed by atoms with van der Waals surface area (Å²) in [6.07, 6.45) is 0. The molecule has 0 fully saturated rings. The van der Waals surface area contributed by atoms with Gasteiger partial charge in [-0.1, -0.05) is 31.9 Å². The largest absolute Gasteiger partial charge is 0.351 e. The van der Waals surface area contributed by atoms with Crippen molar-refractivity contribution in [3.8, 4) is 0 Å². The van der Waals surface area contributed by atoms with Gasteiger partial charge < -0.3 is 5.32 Å². The van der Waals surface area contributed by atoms with Crippen LogP contribution in [0.2, 0.25) is 0 Å². The molecule has 0 aromatic heterocycles. The van der Waals surface area contributed by atoms with E-state index in [9.17, 15) is 4.79 Å². The molecule has 4 heteroatoms. The molecule has 0 aliphatic heterocycles.